The van der Waals surface area contributed by atoms with E-state index in [9.17, 15) is 13.2 Å². The molecule has 6 heteroatoms. The Hall–Kier alpha value is -1.40. The molecule has 23 heavy (non-hydrogen) atoms. The number of hydrogen-bond donors (Lipinski definition) is 1. The molecule has 0 aliphatic heterocycles. The average Bonchev–Trinajstić information content (AvgIpc) is 3.01. The zero-order valence-electron chi connectivity index (χ0n) is 13.9. The van der Waals surface area contributed by atoms with Gasteiger partial charge < -0.3 is 10.5 Å². The smallest absolute Gasteiger partial charge is 0.227 e. The van der Waals surface area contributed by atoms with Gasteiger partial charge in [0.15, 0.2) is 9.84 Å². The van der Waals surface area contributed by atoms with Gasteiger partial charge in [-0.25, -0.2) is 8.42 Å². The molecule has 5 nitrogen and oxygen atoms in total. The average molecular weight is 339 g/mol. The lowest BCUT2D eigenvalue weighted by atomic mass is 9.73. The molecule has 1 aromatic rings. The van der Waals surface area contributed by atoms with Crippen LogP contribution in [0.5, 0.6) is 0 Å². The van der Waals surface area contributed by atoms with Crippen molar-refractivity contribution >= 4 is 15.7 Å². The number of carbonyl (C=O) groups excluding carboxylic acids is 1. The van der Waals surface area contributed by atoms with Gasteiger partial charge in [0.2, 0.25) is 5.91 Å². The fraction of sp³-hybridized carbons (Fsp3) is 0.588. The molecule has 0 heterocycles. The summed E-state index contributed by atoms with van der Waals surface area (Å²) in [6, 6.07) is 6.37. The first-order valence-corrected chi connectivity index (χ1v) is 9.73. The highest BCUT2D eigenvalue weighted by Gasteiger charge is 2.46. The monoisotopic (exact) mass is 339 g/mol. The van der Waals surface area contributed by atoms with Crippen LogP contribution in [-0.2, 0) is 19.4 Å². The van der Waals surface area contributed by atoms with Crippen LogP contribution in [0.25, 0.3) is 0 Å². The molecule has 1 aliphatic rings. The Morgan fingerprint density at radius 2 is 1.78 bits per heavy atom. The third kappa shape index (κ3) is 3.58. The molecule has 128 valence electrons. The van der Waals surface area contributed by atoms with Gasteiger partial charge >= 0.3 is 0 Å². The van der Waals surface area contributed by atoms with Crippen LogP contribution in [0, 0.1) is 5.92 Å². The lowest BCUT2D eigenvalue weighted by molar-refractivity contribution is -0.131. The van der Waals surface area contributed by atoms with Gasteiger partial charge in [-0.05, 0) is 43.4 Å². The summed E-state index contributed by atoms with van der Waals surface area (Å²) in [5.41, 5.74) is 5.69. The van der Waals surface area contributed by atoms with E-state index in [0.29, 0.717) is 5.56 Å². The van der Waals surface area contributed by atoms with Crippen LogP contribution >= 0.6 is 0 Å². The molecule has 1 amide bonds. The lowest BCUT2D eigenvalue weighted by Crippen LogP contribution is -2.47. The lowest BCUT2D eigenvalue weighted by Gasteiger charge is -2.40. The molecule has 0 aromatic heterocycles. The molecule has 1 aliphatic carbocycles. The maximum atomic E-state index is 12.2. The normalized spacial score (nSPS) is 20.1. The van der Waals surface area contributed by atoms with Crippen LogP contribution in [0.15, 0.2) is 29.2 Å². The summed E-state index contributed by atoms with van der Waals surface area (Å²) in [6.07, 6.45) is 5.43. The van der Waals surface area contributed by atoms with E-state index in [1.807, 2.05) is 6.92 Å². The van der Waals surface area contributed by atoms with E-state index in [0.717, 1.165) is 31.9 Å². The number of methoxy groups -OCH3 is 1. The van der Waals surface area contributed by atoms with Crippen LogP contribution in [0.2, 0.25) is 0 Å². The minimum atomic E-state index is -3.27. The van der Waals surface area contributed by atoms with Crippen molar-refractivity contribution < 1.29 is 17.9 Å². The predicted octanol–water partition coefficient (Wildman–Crippen LogP) is 2.25. The molecule has 0 saturated heterocycles. The molecule has 0 bridgehead atoms. The largest absolute Gasteiger partial charge is 0.377 e. The van der Waals surface area contributed by atoms with Crippen molar-refractivity contribution in [3.05, 3.63) is 29.8 Å². The Balaban J connectivity index is 2.43. The quantitative estimate of drug-likeness (QED) is 0.861. The molecule has 1 aromatic carbocycles. The number of benzene rings is 1. The first-order valence-electron chi connectivity index (χ1n) is 7.84. The summed E-state index contributed by atoms with van der Waals surface area (Å²) in [4.78, 5) is 12.4. The minimum Gasteiger partial charge on any atom is -0.377 e. The van der Waals surface area contributed by atoms with E-state index in [2.05, 4.69) is 0 Å². The zero-order valence-corrected chi connectivity index (χ0v) is 14.7. The number of ether oxygens (including phenoxy) is 1. The van der Waals surface area contributed by atoms with Gasteiger partial charge in [0.25, 0.3) is 0 Å². The fourth-order valence-corrected chi connectivity index (χ4v) is 4.33. The van der Waals surface area contributed by atoms with Crippen molar-refractivity contribution in [3.8, 4) is 0 Å². The second-order valence-electron chi connectivity index (χ2n) is 6.55. The van der Waals surface area contributed by atoms with E-state index < -0.39 is 27.3 Å². The second-order valence-corrected chi connectivity index (χ2v) is 8.56. The van der Waals surface area contributed by atoms with Gasteiger partial charge in [-0.15, -0.1) is 0 Å². The topological polar surface area (TPSA) is 86.5 Å². The highest BCUT2D eigenvalue weighted by atomic mass is 32.2. The molecular formula is C17H25NO4S. The van der Waals surface area contributed by atoms with E-state index in [-0.39, 0.29) is 10.8 Å². The maximum absolute atomic E-state index is 12.2. The molecule has 1 saturated carbocycles. The third-order valence-electron chi connectivity index (χ3n) is 5.10. The summed E-state index contributed by atoms with van der Waals surface area (Å²) in [7, 11) is -1.66. The van der Waals surface area contributed by atoms with E-state index in [1.165, 1.54) is 12.1 Å². The maximum Gasteiger partial charge on any atom is 0.227 e. The molecule has 2 atom stereocenters. The molecule has 1 fully saturated rings. The van der Waals surface area contributed by atoms with Gasteiger partial charge in [-0.2, -0.15) is 0 Å². The highest BCUT2D eigenvalue weighted by Crippen LogP contribution is 2.44. The van der Waals surface area contributed by atoms with Crippen molar-refractivity contribution in [1.82, 2.24) is 0 Å². The van der Waals surface area contributed by atoms with Crippen molar-refractivity contribution in [2.24, 2.45) is 11.7 Å². The number of amides is 1. The van der Waals surface area contributed by atoms with Gasteiger partial charge in [0.05, 0.1) is 16.4 Å². The summed E-state index contributed by atoms with van der Waals surface area (Å²) >= 11 is 0. The molecule has 2 N–H and O–H groups in total. The summed E-state index contributed by atoms with van der Waals surface area (Å²) in [5.74, 6) is -0.794. The SMILES string of the molecule is COC(C)(C1CCCC1)C(C(N)=O)c1ccc(S(C)(=O)=O)cc1. The number of sulfone groups is 1. The first kappa shape index (κ1) is 17.9. The minimum absolute atomic E-state index is 0.226. The van der Waals surface area contributed by atoms with E-state index >= 15 is 0 Å². The van der Waals surface area contributed by atoms with Gasteiger partial charge in [-0.1, -0.05) is 25.0 Å². The summed E-state index contributed by atoms with van der Waals surface area (Å²) < 4.78 is 29.0. The Labute approximate surface area is 138 Å². The number of nitrogens with two attached hydrogens (primary N) is 1. The molecule has 2 unspecified atom stereocenters. The van der Waals surface area contributed by atoms with Crippen molar-refractivity contribution in [3.63, 3.8) is 0 Å². The molecular weight excluding hydrogens is 314 g/mol. The standard InChI is InChI=1S/C17H25NO4S/c1-17(22-2,13-6-4-5-7-13)15(16(18)19)12-8-10-14(11-9-12)23(3,20)21/h8-11,13,15H,4-7H2,1-3H3,(H2,18,19). The van der Waals surface area contributed by atoms with Crippen molar-refractivity contribution in [2.45, 2.75) is 49.0 Å². The number of carbonyl (C=O) groups is 1. The van der Waals surface area contributed by atoms with Crippen LogP contribution < -0.4 is 5.73 Å². The zero-order chi connectivity index (χ0) is 17.3. The third-order valence-corrected chi connectivity index (χ3v) is 6.23. The molecule has 2 rings (SSSR count). The number of primary amides is 1. The Morgan fingerprint density at radius 1 is 1.26 bits per heavy atom. The fourth-order valence-electron chi connectivity index (χ4n) is 3.70. The van der Waals surface area contributed by atoms with Crippen LogP contribution in [0.1, 0.15) is 44.1 Å². The van der Waals surface area contributed by atoms with E-state index in [4.69, 9.17) is 10.5 Å². The van der Waals surface area contributed by atoms with Crippen LogP contribution in [-0.4, -0.2) is 33.3 Å². The summed E-state index contributed by atoms with van der Waals surface area (Å²) in [5, 5.41) is 0. The Kier molecular flexibility index (Phi) is 5.16. The Morgan fingerprint density at radius 3 is 2.17 bits per heavy atom. The number of hydrogen-bond acceptors (Lipinski definition) is 4. The number of rotatable bonds is 6. The van der Waals surface area contributed by atoms with Gasteiger partial charge in [-0.3, -0.25) is 4.79 Å². The first-order chi connectivity index (χ1) is 10.7. The van der Waals surface area contributed by atoms with Crippen molar-refractivity contribution in [2.75, 3.05) is 13.4 Å². The molecule has 0 spiro atoms. The van der Waals surface area contributed by atoms with Crippen molar-refractivity contribution in [1.29, 1.82) is 0 Å². The molecule has 0 radical (unpaired) electrons. The van der Waals surface area contributed by atoms with Crippen LogP contribution in [0.3, 0.4) is 0 Å². The van der Waals surface area contributed by atoms with Gasteiger partial charge in [0, 0.05) is 13.4 Å². The second kappa shape index (κ2) is 6.61. The van der Waals surface area contributed by atoms with Gasteiger partial charge in [0.1, 0.15) is 0 Å². The Bertz CT molecular complexity index is 662. The van der Waals surface area contributed by atoms with Crippen LogP contribution in [0.4, 0.5) is 0 Å². The van der Waals surface area contributed by atoms with E-state index in [1.54, 1.807) is 19.2 Å². The highest BCUT2D eigenvalue weighted by molar-refractivity contribution is 7.90. The summed E-state index contributed by atoms with van der Waals surface area (Å²) in [6.45, 7) is 1.93. The predicted molar refractivity (Wildman–Crippen MR) is 88.9 cm³/mol.